The zero-order valence-electron chi connectivity index (χ0n) is 8.07. The fourth-order valence-electron chi connectivity index (χ4n) is 1.15. The van der Waals surface area contributed by atoms with Gasteiger partial charge < -0.3 is 0 Å². The van der Waals surface area contributed by atoms with Crippen LogP contribution in [0.4, 0.5) is 0 Å². The van der Waals surface area contributed by atoms with Crippen LogP contribution < -0.4 is 0 Å². The van der Waals surface area contributed by atoms with Gasteiger partial charge in [-0.2, -0.15) is 9.90 Å². The molecule has 1 aromatic heterocycles. The van der Waals surface area contributed by atoms with Crippen molar-refractivity contribution in [3.05, 3.63) is 42.2 Å². The van der Waals surface area contributed by atoms with E-state index < -0.39 is 5.91 Å². The molecule has 0 spiro atoms. The van der Waals surface area contributed by atoms with Crippen molar-refractivity contribution in [3.63, 3.8) is 0 Å². The maximum absolute atomic E-state index is 11.1. The highest BCUT2D eigenvalue weighted by molar-refractivity contribution is 5.95. The van der Waals surface area contributed by atoms with Gasteiger partial charge in [-0.15, -0.1) is 10.1 Å². The number of rotatable bonds is 2. The first kappa shape index (κ1) is 9.95. The van der Waals surface area contributed by atoms with Crippen LogP contribution in [0.15, 0.2) is 41.5 Å². The molecule has 0 aliphatic heterocycles. The van der Waals surface area contributed by atoms with E-state index >= 15 is 0 Å². The summed E-state index contributed by atoms with van der Waals surface area (Å²) in [5.41, 5.74) is 0.726. The molecule has 2 rings (SSSR count). The van der Waals surface area contributed by atoms with Crippen LogP contribution in [0.5, 0.6) is 0 Å². The predicted octanol–water partition coefficient (Wildman–Crippen LogP) is 0.743. The smallest absolute Gasteiger partial charge is 0.264 e. The minimum Gasteiger partial charge on any atom is -0.264 e. The molecule has 0 fully saturated rings. The summed E-state index contributed by atoms with van der Waals surface area (Å²) >= 11 is 0. The average molecular weight is 214 g/mol. The Hall–Kier alpha value is -2.59. The van der Waals surface area contributed by atoms with Gasteiger partial charge in [-0.1, -0.05) is 18.2 Å². The van der Waals surface area contributed by atoms with Crippen molar-refractivity contribution >= 4 is 12.0 Å². The van der Waals surface area contributed by atoms with Gasteiger partial charge >= 0.3 is 5.91 Å². The molecular weight excluding hydrogens is 208 g/mol. The molecule has 0 bridgehead atoms. The summed E-state index contributed by atoms with van der Waals surface area (Å²) in [6, 6.07) is 9.08. The van der Waals surface area contributed by atoms with Gasteiger partial charge in [-0.3, -0.25) is 4.79 Å². The second-order valence-electron chi connectivity index (χ2n) is 2.86. The lowest BCUT2D eigenvalue weighted by Gasteiger charge is -1.96. The first-order chi connectivity index (χ1) is 7.81. The minimum absolute atomic E-state index is 0.00667. The number of benzene rings is 1. The molecule has 0 saturated carbocycles. The molecule has 0 aliphatic rings. The summed E-state index contributed by atoms with van der Waals surface area (Å²) in [4.78, 5) is 25.3. The molecule has 0 aliphatic carbocycles. The molecule has 1 heterocycles. The van der Waals surface area contributed by atoms with Gasteiger partial charge in [0, 0.05) is 0 Å². The van der Waals surface area contributed by atoms with Crippen LogP contribution in [-0.4, -0.2) is 27.0 Å². The first-order valence-electron chi connectivity index (χ1n) is 4.41. The van der Waals surface area contributed by atoms with Gasteiger partial charge in [-0.05, 0) is 12.1 Å². The number of aromatic nitrogens is 3. The molecule has 0 saturated heterocycles. The van der Waals surface area contributed by atoms with Crippen molar-refractivity contribution in [1.82, 2.24) is 15.0 Å². The third-order valence-electron chi connectivity index (χ3n) is 1.85. The number of amides is 1. The first-order valence-corrected chi connectivity index (χ1v) is 4.41. The third kappa shape index (κ3) is 1.92. The zero-order chi connectivity index (χ0) is 11.4. The standard InChI is InChI=1S/C10H6N4O2/c15-7-11-10(16)9-6-12-14(13-9)8-4-2-1-3-5-8/h1-6H. The maximum atomic E-state index is 11.1. The summed E-state index contributed by atoms with van der Waals surface area (Å²) < 4.78 is 0. The topological polar surface area (TPSA) is 77.2 Å². The number of hydrogen-bond donors (Lipinski definition) is 0. The second-order valence-corrected chi connectivity index (χ2v) is 2.86. The van der Waals surface area contributed by atoms with Crippen LogP contribution in [0.3, 0.4) is 0 Å². The molecule has 0 radical (unpaired) electrons. The number of carbonyl (C=O) groups is 1. The van der Waals surface area contributed by atoms with Crippen molar-refractivity contribution in [1.29, 1.82) is 0 Å². The van der Waals surface area contributed by atoms with E-state index in [4.69, 9.17) is 0 Å². The van der Waals surface area contributed by atoms with Crippen LogP contribution >= 0.6 is 0 Å². The highest BCUT2D eigenvalue weighted by Gasteiger charge is 2.09. The van der Waals surface area contributed by atoms with Gasteiger partial charge in [0.2, 0.25) is 6.08 Å². The predicted molar refractivity (Wildman–Crippen MR) is 53.8 cm³/mol. The third-order valence-corrected chi connectivity index (χ3v) is 1.85. The molecule has 1 amide bonds. The Kier molecular flexibility index (Phi) is 2.67. The number of hydrogen-bond acceptors (Lipinski definition) is 4. The molecule has 1 aromatic carbocycles. The van der Waals surface area contributed by atoms with E-state index in [1.54, 1.807) is 12.1 Å². The number of carbonyl (C=O) groups excluding carboxylic acids is 2. The molecular formula is C10H6N4O2. The Morgan fingerprint density at radius 2 is 2.06 bits per heavy atom. The molecule has 0 atom stereocenters. The Labute approximate surface area is 90.2 Å². The Morgan fingerprint density at radius 1 is 1.31 bits per heavy atom. The number of isocyanates is 1. The molecule has 0 unspecified atom stereocenters. The molecule has 0 N–H and O–H groups in total. The minimum atomic E-state index is -0.753. The quantitative estimate of drug-likeness (QED) is 0.545. The second kappa shape index (κ2) is 4.29. The maximum Gasteiger partial charge on any atom is 0.309 e. The Balaban J connectivity index is 2.33. The monoisotopic (exact) mass is 214 g/mol. The van der Waals surface area contributed by atoms with Crippen molar-refractivity contribution < 1.29 is 9.59 Å². The van der Waals surface area contributed by atoms with E-state index in [1.807, 2.05) is 18.2 Å². The fraction of sp³-hybridized carbons (Fsp3) is 0. The zero-order valence-corrected chi connectivity index (χ0v) is 8.07. The van der Waals surface area contributed by atoms with Crippen molar-refractivity contribution in [2.75, 3.05) is 0 Å². The molecule has 6 heteroatoms. The van der Waals surface area contributed by atoms with E-state index in [2.05, 4.69) is 15.2 Å². The van der Waals surface area contributed by atoms with E-state index in [9.17, 15) is 9.59 Å². The van der Waals surface area contributed by atoms with Gasteiger partial charge in [0.1, 0.15) is 0 Å². The lowest BCUT2D eigenvalue weighted by molar-refractivity contribution is 0.0998. The van der Waals surface area contributed by atoms with E-state index in [0.717, 1.165) is 11.8 Å². The fourth-order valence-corrected chi connectivity index (χ4v) is 1.15. The average Bonchev–Trinajstić information content (AvgIpc) is 2.80. The van der Waals surface area contributed by atoms with Crippen molar-refractivity contribution in [2.24, 2.45) is 4.99 Å². The Morgan fingerprint density at radius 3 is 2.75 bits per heavy atom. The summed E-state index contributed by atoms with van der Waals surface area (Å²) in [5.74, 6) is -0.753. The van der Waals surface area contributed by atoms with Crippen LogP contribution in [0, 0.1) is 0 Å². The van der Waals surface area contributed by atoms with E-state index in [-0.39, 0.29) is 5.69 Å². The van der Waals surface area contributed by atoms with Gasteiger partial charge in [0.05, 0.1) is 11.9 Å². The SMILES string of the molecule is O=C=NC(=O)c1cnn(-c2ccccc2)n1. The highest BCUT2D eigenvalue weighted by atomic mass is 16.2. The summed E-state index contributed by atoms with van der Waals surface area (Å²) in [6.07, 6.45) is 2.41. The number of nitrogens with zero attached hydrogens (tertiary/aromatic N) is 4. The number of aliphatic imine (C=N–C) groups is 1. The molecule has 2 aromatic rings. The van der Waals surface area contributed by atoms with Crippen molar-refractivity contribution in [2.45, 2.75) is 0 Å². The van der Waals surface area contributed by atoms with Crippen LogP contribution in [0.25, 0.3) is 5.69 Å². The van der Waals surface area contributed by atoms with Crippen LogP contribution in [-0.2, 0) is 4.79 Å². The molecule has 6 nitrogen and oxygen atoms in total. The van der Waals surface area contributed by atoms with E-state index in [1.165, 1.54) is 11.0 Å². The number of para-hydroxylation sites is 1. The van der Waals surface area contributed by atoms with E-state index in [0.29, 0.717) is 0 Å². The highest BCUT2D eigenvalue weighted by Crippen LogP contribution is 2.04. The lowest BCUT2D eigenvalue weighted by Crippen LogP contribution is -2.01. The Bertz CT molecular complexity index is 555. The molecule has 16 heavy (non-hydrogen) atoms. The summed E-state index contributed by atoms with van der Waals surface area (Å²) in [5, 5.41) is 7.77. The summed E-state index contributed by atoms with van der Waals surface area (Å²) in [6.45, 7) is 0. The van der Waals surface area contributed by atoms with Gasteiger partial charge in [-0.25, -0.2) is 4.79 Å². The summed E-state index contributed by atoms with van der Waals surface area (Å²) in [7, 11) is 0. The van der Waals surface area contributed by atoms with Crippen LogP contribution in [0.1, 0.15) is 10.5 Å². The normalized spacial score (nSPS) is 9.50. The van der Waals surface area contributed by atoms with Gasteiger partial charge in [0.25, 0.3) is 0 Å². The van der Waals surface area contributed by atoms with Gasteiger partial charge in [0.15, 0.2) is 5.69 Å². The van der Waals surface area contributed by atoms with Crippen molar-refractivity contribution in [3.8, 4) is 5.69 Å². The lowest BCUT2D eigenvalue weighted by atomic mass is 10.3. The van der Waals surface area contributed by atoms with Crippen LogP contribution in [0.2, 0.25) is 0 Å². The largest absolute Gasteiger partial charge is 0.309 e. The molecule has 78 valence electrons.